The number of imide groups is 1. The normalized spacial score (nSPS) is 17.0. The number of nitrogens with zero attached hydrogens (tertiary/aromatic N) is 9. The molecule has 60 heavy (non-hydrogen) atoms. The number of hydrogen-bond acceptors (Lipinski definition) is 12. The van der Waals surface area contributed by atoms with E-state index in [1.165, 1.54) is 45.8 Å². The molecule has 8 rings (SSSR count). The number of rotatable bonds is 13. The minimum atomic E-state index is -4.01. The second-order valence-corrected chi connectivity index (χ2v) is 17.7. The lowest BCUT2D eigenvalue weighted by Gasteiger charge is -2.32. The van der Waals surface area contributed by atoms with E-state index in [9.17, 15) is 22.8 Å². The number of carbonyl (C=O) groups is 2. The van der Waals surface area contributed by atoms with Gasteiger partial charge in [0.1, 0.15) is 18.1 Å². The van der Waals surface area contributed by atoms with Gasteiger partial charge in [-0.05, 0) is 102 Å². The Morgan fingerprint density at radius 3 is 2.58 bits per heavy atom. The van der Waals surface area contributed by atoms with E-state index in [4.69, 9.17) is 4.74 Å². The first-order valence-electron chi connectivity index (χ1n) is 19.9. The smallest absolute Gasteiger partial charge is 0.329 e. The van der Waals surface area contributed by atoms with Crippen molar-refractivity contribution in [3.8, 4) is 17.0 Å². The van der Waals surface area contributed by atoms with E-state index >= 15 is 4.39 Å². The molecule has 1 atom stereocenters. The Balaban J connectivity index is 0.875. The number of likely N-dealkylation sites (tertiary alicyclic amines) is 1. The van der Waals surface area contributed by atoms with Gasteiger partial charge < -0.3 is 15.0 Å². The number of halogens is 1. The largest absolute Gasteiger partial charge is 0.485 e. The highest BCUT2D eigenvalue weighted by Gasteiger charge is 2.32. The average Bonchev–Trinajstić information content (AvgIpc) is 3.96. The number of aryl methyl sites for hydroxylation is 1. The first-order chi connectivity index (χ1) is 28.7. The highest BCUT2D eigenvalue weighted by molar-refractivity contribution is 7.89. The van der Waals surface area contributed by atoms with Crippen molar-refractivity contribution >= 4 is 50.2 Å². The molecule has 6 aromatic rings. The molecular weight excluding hydrogens is 796 g/mol. The molecule has 0 bridgehead atoms. The van der Waals surface area contributed by atoms with E-state index in [-0.39, 0.29) is 65.1 Å². The van der Waals surface area contributed by atoms with Crippen LogP contribution in [-0.4, -0.2) is 108 Å². The quantitative estimate of drug-likeness (QED) is 0.141. The summed E-state index contributed by atoms with van der Waals surface area (Å²) in [5.41, 5.74) is 3.76. The number of aromatic nitrogens is 8. The second-order valence-electron chi connectivity index (χ2n) is 15.7. The van der Waals surface area contributed by atoms with Gasteiger partial charge in [-0.1, -0.05) is 6.07 Å². The van der Waals surface area contributed by atoms with Crippen molar-refractivity contribution in [3.63, 3.8) is 0 Å². The van der Waals surface area contributed by atoms with Crippen LogP contribution in [0, 0.1) is 12.7 Å². The maximum absolute atomic E-state index is 15.9. The van der Waals surface area contributed by atoms with Crippen LogP contribution in [0.3, 0.4) is 0 Å². The van der Waals surface area contributed by atoms with Gasteiger partial charge in [-0.2, -0.15) is 14.6 Å². The fourth-order valence-corrected chi connectivity index (χ4v) is 9.56. The van der Waals surface area contributed by atoms with Gasteiger partial charge in [-0.3, -0.25) is 29.1 Å². The number of imidazole rings is 1. The second kappa shape index (κ2) is 16.2. The number of fused-ring (bicyclic) bond motifs is 2. The van der Waals surface area contributed by atoms with Crippen LogP contribution in [0.4, 0.5) is 16.0 Å². The van der Waals surface area contributed by atoms with Gasteiger partial charge in [0.05, 0.1) is 33.9 Å². The third-order valence-corrected chi connectivity index (χ3v) is 13.4. The fraction of sp³-hybridized carbons (Fsp3) is 0.425. The van der Waals surface area contributed by atoms with Crippen molar-refractivity contribution in [1.29, 1.82) is 0 Å². The third-order valence-electron chi connectivity index (χ3n) is 11.4. The molecule has 3 N–H and O–H groups in total. The molecule has 2 amide bonds. The summed E-state index contributed by atoms with van der Waals surface area (Å²) in [6, 6.07) is 7.96. The van der Waals surface area contributed by atoms with Gasteiger partial charge in [0, 0.05) is 44.4 Å². The molecule has 2 saturated heterocycles. The lowest BCUT2D eigenvalue weighted by atomic mass is 9.89. The first kappa shape index (κ1) is 40.8. The van der Waals surface area contributed by atoms with Crippen molar-refractivity contribution in [2.75, 3.05) is 38.5 Å². The van der Waals surface area contributed by atoms with Crippen LogP contribution in [0.15, 0.2) is 58.7 Å². The molecule has 6 heterocycles. The van der Waals surface area contributed by atoms with Crippen LogP contribution in [0.2, 0.25) is 0 Å². The molecule has 2 fully saturated rings. The monoisotopic (exact) mass is 842 g/mol. The van der Waals surface area contributed by atoms with Crippen LogP contribution in [0.1, 0.15) is 69.0 Å². The predicted octanol–water partition coefficient (Wildman–Crippen LogP) is 4.01. The molecular formula is C40H47FN12O6S. The number of hydrogen-bond donors (Lipinski definition) is 3. The highest BCUT2D eigenvalue weighted by Crippen LogP contribution is 2.34. The Kier molecular flexibility index (Phi) is 11.0. The molecule has 18 nitrogen and oxygen atoms in total. The molecule has 2 aliphatic heterocycles. The number of carbonyl (C=O) groups excluding carboxylic acids is 2. The molecule has 4 aromatic heterocycles. The van der Waals surface area contributed by atoms with E-state index in [2.05, 4.69) is 40.8 Å². The SMILES string of the molecule is Cc1c(S(=O)(=O)N(C)CCCN2CCC(c3ccc4c(c3)n(C)c(=O)n4[C@@H]3CCC(=O)NC3=O)CC2)ccc(Nc2nc3c(OC(C)C)c(-c4cn[nH]c4)ncn3n2)c1F. The molecule has 0 aliphatic carbocycles. The van der Waals surface area contributed by atoms with Gasteiger partial charge in [0.2, 0.25) is 33.4 Å². The van der Waals surface area contributed by atoms with Crippen LogP contribution >= 0.6 is 0 Å². The van der Waals surface area contributed by atoms with Crippen LogP contribution in [0.25, 0.3) is 27.9 Å². The van der Waals surface area contributed by atoms with Crippen molar-refractivity contribution in [1.82, 2.24) is 53.4 Å². The van der Waals surface area contributed by atoms with Gasteiger partial charge >= 0.3 is 5.69 Å². The minimum Gasteiger partial charge on any atom is -0.485 e. The Morgan fingerprint density at radius 2 is 1.87 bits per heavy atom. The van der Waals surface area contributed by atoms with Gasteiger partial charge in [-0.25, -0.2) is 26.9 Å². The maximum Gasteiger partial charge on any atom is 0.329 e. The zero-order chi connectivity index (χ0) is 42.5. The van der Waals surface area contributed by atoms with E-state index in [0.29, 0.717) is 41.1 Å². The first-order valence-corrected chi connectivity index (χ1v) is 21.4. The Morgan fingerprint density at radius 1 is 1.08 bits per heavy atom. The Hall–Kier alpha value is -5.99. The topological polar surface area (TPSA) is 207 Å². The van der Waals surface area contributed by atoms with Crippen molar-refractivity contribution < 1.29 is 27.1 Å². The van der Waals surface area contributed by atoms with Crippen molar-refractivity contribution in [3.05, 3.63) is 76.5 Å². The molecule has 2 aromatic carbocycles. The number of ether oxygens (including phenoxy) is 1. The van der Waals surface area contributed by atoms with Gasteiger partial charge in [0.15, 0.2) is 11.6 Å². The van der Waals surface area contributed by atoms with E-state index < -0.39 is 27.8 Å². The highest BCUT2D eigenvalue weighted by atomic mass is 32.2. The third kappa shape index (κ3) is 7.65. The molecule has 0 radical (unpaired) electrons. The van der Waals surface area contributed by atoms with Crippen LogP contribution in [0.5, 0.6) is 5.75 Å². The summed E-state index contributed by atoms with van der Waals surface area (Å²) >= 11 is 0. The number of anilines is 2. The minimum absolute atomic E-state index is 0.0114. The number of sulfonamides is 1. The maximum atomic E-state index is 15.9. The van der Waals surface area contributed by atoms with Crippen LogP contribution < -0.4 is 21.1 Å². The number of aromatic amines is 1. The zero-order valence-corrected chi connectivity index (χ0v) is 34.8. The molecule has 316 valence electrons. The molecule has 2 aliphatic rings. The summed E-state index contributed by atoms with van der Waals surface area (Å²) in [6.07, 6.45) is 7.40. The standard InChI is InChI=1S/C40H47FN12O6S/c1-23(2)59-36-35(27-20-43-44-21-27)42-22-52-37(36)47-39(48-52)45-28-8-11-32(24(3)34(28)41)60(57,58)49(4)15-6-16-51-17-13-25(14-18-51)26-7-9-29-31(19-26)50(5)40(56)53(29)30-10-12-33(54)46-38(30)55/h7-9,11,19-23,25,30H,6,10,12-18H2,1-5H3,(H,43,44)(H,45,48)(H,46,54,55)/t30-/m1/s1. The fourth-order valence-electron chi connectivity index (χ4n) is 8.14. The van der Waals surface area contributed by atoms with E-state index in [1.54, 1.807) is 24.0 Å². The van der Waals surface area contributed by atoms with E-state index in [0.717, 1.165) is 37.0 Å². The van der Waals surface area contributed by atoms with Crippen LogP contribution in [-0.2, 0) is 26.7 Å². The van der Waals surface area contributed by atoms with E-state index in [1.807, 2.05) is 32.0 Å². The van der Waals surface area contributed by atoms with Gasteiger partial charge in [0.25, 0.3) is 0 Å². The number of H-pyrrole nitrogens is 1. The molecule has 0 spiro atoms. The van der Waals surface area contributed by atoms with Crippen molar-refractivity contribution in [2.45, 2.75) is 75.8 Å². The van der Waals surface area contributed by atoms with Crippen molar-refractivity contribution in [2.24, 2.45) is 7.05 Å². The zero-order valence-electron chi connectivity index (χ0n) is 34.0. The average molecular weight is 843 g/mol. The molecule has 0 saturated carbocycles. The molecule has 0 unspecified atom stereocenters. The number of amides is 2. The number of nitrogens with one attached hydrogen (secondary N) is 3. The summed E-state index contributed by atoms with van der Waals surface area (Å²) in [5, 5.41) is 16.4. The predicted molar refractivity (Wildman–Crippen MR) is 220 cm³/mol. The summed E-state index contributed by atoms with van der Waals surface area (Å²) in [7, 11) is -0.814. The number of benzene rings is 2. The summed E-state index contributed by atoms with van der Waals surface area (Å²) in [5.74, 6) is -0.807. The Labute approximate surface area is 344 Å². The number of piperidine rings is 2. The lowest BCUT2D eigenvalue weighted by Crippen LogP contribution is -2.44. The Bertz CT molecular complexity index is 2770. The van der Waals surface area contributed by atoms with Gasteiger partial charge in [-0.15, -0.1) is 5.10 Å². The summed E-state index contributed by atoms with van der Waals surface area (Å²) in [6.45, 7) is 7.77. The summed E-state index contributed by atoms with van der Waals surface area (Å²) in [4.78, 5) is 48.7. The lowest BCUT2D eigenvalue weighted by molar-refractivity contribution is -0.135. The summed E-state index contributed by atoms with van der Waals surface area (Å²) < 4.78 is 55.1. The molecule has 20 heteroatoms.